The van der Waals surface area contributed by atoms with Crippen molar-refractivity contribution in [1.82, 2.24) is 0 Å². The van der Waals surface area contributed by atoms with Gasteiger partial charge in [0.2, 0.25) is 0 Å². The summed E-state index contributed by atoms with van der Waals surface area (Å²) >= 11 is 0. The Morgan fingerprint density at radius 1 is 1.06 bits per heavy atom. The maximum absolute atomic E-state index is 6.49. The van der Waals surface area contributed by atoms with Crippen LogP contribution in [0, 0.1) is 34.0 Å². The van der Waals surface area contributed by atoms with Crippen LogP contribution in [0.1, 0.15) is 98.5 Å². The average molecular weight is 427 g/mol. The molecule has 0 radical (unpaired) electrons. The summed E-state index contributed by atoms with van der Waals surface area (Å²) in [4.78, 5) is 0. The van der Waals surface area contributed by atoms with Crippen molar-refractivity contribution >= 4 is 0 Å². The smallest absolute Gasteiger partial charge is 0.200 e. The van der Waals surface area contributed by atoms with E-state index in [1.54, 1.807) is 0 Å². The van der Waals surface area contributed by atoms with E-state index in [-0.39, 0.29) is 6.29 Å². The molecule has 0 amide bonds. The molecule has 0 saturated heterocycles. The molecule has 3 aliphatic carbocycles. The van der Waals surface area contributed by atoms with E-state index in [2.05, 4.69) is 65.8 Å². The Hall–Kier alpha value is -1.02. The third kappa shape index (κ3) is 5.00. The van der Waals surface area contributed by atoms with Crippen molar-refractivity contribution in [2.45, 2.75) is 106 Å². The second-order valence-corrected chi connectivity index (χ2v) is 12.8. The van der Waals surface area contributed by atoms with Crippen LogP contribution in [-0.2, 0) is 11.2 Å². The van der Waals surface area contributed by atoms with Gasteiger partial charge in [0.05, 0.1) is 6.61 Å². The fraction of sp³-hybridized carbons (Fsp3) is 0.793. The number of rotatable bonds is 9. The molecule has 2 nitrogen and oxygen atoms in total. The van der Waals surface area contributed by atoms with Crippen molar-refractivity contribution in [2.24, 2.45) is 34.0 Å². The van der Waals surface area contributed by atoms with Crippen LogP contribution in [0.5, 0.6) is 5.75 Å². The first-order valence-corrected chi connectivity index (χ1v) is 13.0. The zero-order chi connectivity index (χ0) is 22.3. The zero-order valence-corrected chi connectivity index (χ0v) is 21.0. The van der Waals surface area contributed by atoms with Crippen LogP contribution < -0.4 is 4.74 Å². The Morgan fingerprint density at radius 3 is 2.45 bits per heavy atom. The van der Waals surface area contributed by atoms with E-state index in [4.69, 9.17) is 9.47 Å². The second kappa shape index (κ2) is 8.73. The maximum atomic E-state index is 6.49. The number of fused-ring (bicyclic) bond motifs is 1. The predicted octanol–water partition coefficient (Wildman–Crippen LogP) is 8.04. The van der Waals surface area contributed by atoms with Crippen molar-refractivity contribution in [2.75, 3.05) is 6.61 Å². The Morgan fingerprint density at radius 2 is 1.81 bits per heavy atom. The van der Waals surface area contributed by atoms with E-state index in [1.165, 1.54) is 44.1 Å². The van der Waals surface area contributed by atoms with Gasteiger partial charge in [-0.15, -0.1) is 0 Å². The number of hydrogen-bond donors (Lipinski definition) is 0. The van der Waals surface area contributed by atoms with Gasteiger partial charge < -0.3 is 9.47 Å². The minimum absolute atomic E-state index is 0.115. The molecular formula is C29H46O2. The van der Waals surface area contributed by atoms with Gasteiger partial charge in [0, 0.05) is 6.42 Å². The molecule has 2 heteroatoms. The maximum Gasteiger partial charge on any atom is 0.200 e. The van der Waals surface area contributed by atoms with Gasteiger partial charge >= 0.3 is 0 Å². The lowest BCUT2D eigenvalue weighted by Crippen LogP contribution is -2.47. The van der Waals surface area contributed by atoms with E-state index < -0.39 is 0 Å². The standard InChI is InChI=1S/C29H46O2/c1-7-14-30-26(31-25-10-8-23(9-11-25)12-13-27(4,5)6)19-28-16-21(2)17-29(20-28)22(3)15-24(29)18-28/h8-11,21-22,24,26H,7,12-20H2,1-6H3. The third-order valence-electron chi connectivity index (χ3n) is 8.79. The Balaban J connectivity index is 1.42. The highest BCUT2D eigenvalue weighted by Crippen LogP contribution is 2.74. The van der Waals surface area contributed by atoms with Crippen LogP contribution in [0.15, 0.2) is 24.3 Å². The summed E-state index contributed by atoms with van der Waals surface area (Å²) in [7, 11) is 0. The van der Waals surface area contributed by atoms with E-state index in [9.17, 15) is 0 Å². The molecule has 1 aromatic carbocycles. The summed E-state index contributed by atoms with van der Waals surface area (Å²) in [6.45, 7) is 14.9. The van der Waals surface area contributed by atoms with Gasteiger partial charge in [0.25, 0.3) is 0 Å². The van der Waals surface area contributed by atoms with Gasteiger partial charge in [0.1, 0.15) is 5.75 Å². The summed E-state index contributed by atoms with van der Waals surface area (Å²) in [6, 6.07) is 8.80. The van der Waals surface area contributed by atoms with Gasteiger partial charge in [-0.25, -0.2) is 0 Å². The van der Waals surface area contributed by atoms with Gasteiger partial charge in [-0.05, 0) is 103 Å². The quantitative estimate of drug-likeness (QED) is 0.372. The van der Waals surface area contributed by atoms with Crippen LogP contribution >= 0.6 is 0 Å². The fourth-order valence-electron chi connectivity index (χ4n) is 7.47. The van der Waals surface area contributed by atoms with Crippen molar-refractivity contribution in [1.29, 1.82) is 0 Å². The molecule has 0 aliphatic heterocycles. The summed E-state index contributed by atoms with van der Waals surface area (Å²) in [5.74, 6) is 3.68. The molecule has 4 rings (SSSR count). The van der Waals surface area contributed by atoms with E-state index in [0.29, 0.717) is 16.2 Å². The van der Waals surface area contributed by atoms with E-state index in [1.807, 2.05) is 0 Å². The molecule has 1 aromatic rings. The van der Waals surface area contributed by atoms with Crippen molar-refractivity contribution in [3.63, 3.8) is 0 Å². The summed E-state index contributed by atoms with van der Waals surface area (Å²) < 4.78 is 12.8. The van der Waals surface area contributed by atoms with Crippen molar-refractivity contribution in [3.8, 4) is 5.75 Å². The van der Waals surface area contributed by atoms with Gasteiger partial charge in [0.15, 0.2) is 6.29 Å². The van der Waals surface area contributed by atoms with E-state index >= 15 is 0 Å². The largest absolute Gasteiger partial charge is 0.465 e. The summed E-state index contributed by atoms with van der Waals surface area (Å²) in [5.41, 5.74) is 2.84. The molecule has 3 fully saturated rings. The van der Waals surface area contributed by atoms with Crippen LogP contribution in [0.25, 0.3) is 0 Å². The number of ether oxygens (including phenoxy) is 2. The first-order valence-electron chi connectivity index (χ1n) is 13.0. The molecule has 3 aliphatic rings. The zero-order valence-electron chi connectivity index (χ0n) is 21.0. The molecule has 31 heavy (non-hydrogen) atoms. The third-order valence-corrected chi connectivity index (χ3v) is 8.79. The molecule has 2 bridgehead atoms. The number of benzene rings is 1. The predicted molar refractivity (Wildman–Crippen MR) is 129 cm³/mol. The molecule has 174 valence electrons. The normalized spacial score (nSPS) is 35.4. The monoisotopic (exact) mass is 426 g/mol. The molecule has 6 unspecified atom stereocenters. The molecule has 6 atom stereocenters. The van der Waals surface area contributed by atoms with Crippen LogP contribution in [0.4, 0.5) is 0 Å². The minimum Gasteiger partial charge on any atom is -0.465 e. The highest BCUT2D eigenvalue weighted by molar-refractivity contribution is 5.27. The topological polar surface area (TPSA) is 18.5 Å². The molecule has 0 N–H and O–H groups in total. The van der Waals surface area contributed by atoms with Crippen LogP contribution in [0.2, 0.25) is 0 Å². The molecule has 0 heterocycles. The summed E-state index contributed by atoms with van der Waals surface area (Å²) in [5, 5.41) is 0. The van der Waals surface area contributed by atoms with Crippen molar-refractivity contribution < 1.29 is 9.47 Å². The van der Waals surface area contributed by atoms with Crippen LogP contribution in [-0.4, -0.2) is 12.9 Å². The lowest BCUT2D eigenvalue weighted by atomic mass is 9.50. The second-order valence-electron chi connectivity index (χ2n) is 12.8. The van der Waals surface area contributed by atoms with Crippen LogP contribution in [0.3, 0.4) is 0 Å². The van der Waals surface area contributed by atoms with Crippen molar-refractivity contribution in [3.05, 3.63) is 29.8 Å². The Labute approximate surface area is 191 Å². The SMILES string of the molecule is CCCOC(CC12CC(C)CC3(C1)C(C)CC3C2)Oc1ccc(CCC(C)(C)C)cc1. The number of aryl methyl sites for hydroxylation is 1. The Bertz CT molecular complexity index is 732. The summed E-state index contributed by atoms with van der Waals surface area (Å²) in [6.07, 6.45) is 11.4. The molecular weight excluding hydrogens is 380 g/mol. The molecule has 0 aromatic heterocycles. The number of hydrogen-bond acceptors (Lipinski definition) is 2. The highest BCUT2D eigenvalue weighted by Gasteiger charge is 2.65. The minimum atomic E-state index is -0.115. The average Bonchev–Trinajstić information content (AvgIpc) is 2.88. The van der Waals surface area contributed by atoms with Gasteiger partial charge in [-0.2, -0.15) is 0 Å². The lowest BCUT2D eigenvalue weighted by Gasteiger charge is -2.55. The van der Waals surface area contributed by atoms with Gasteiger partial charge in [-0.1, -0.05) is 53.7 Å². The Kier molecular flexibility index (Phi) is 6.52. The lowest BCUT2D eigenvalue weighted by molar-refractivity contribution is -0.116. The fourth-order valence-corrected chi connectivity index (χ4v) is 7.47. The van der Waals surface area contributed by atoms with E-state index in [0.717, 1.165) is 49.4 Å². The first kappa shape index (κ1) is 23.1. The molecule has 3 saturated carbocycles. The highest BCUT2D eigenvalue weighted by atomic mass is 16.7. The first-order chi connectivity index (χ1) is 14.6. The van der Waals surface area contributed by atoms with Gasteiger partial charge in [-0.3, -0.25) is 0 Å². The molecule has 1 spiro atoms.